The summed E-state index contributed by atoms with van der Waals surface area (Å²) in [5, 5.41) is 14.9. The number of pyridine rings is 2. The molecule has 9 nitrogen and oxygen atoms in total. The normalized spacial score (nSPS) is 19.3. The molecule has 0 saturated carbocycles. The summed E-state index contributed by atoms with van der Waals surface area (Å²) in [5.41, 5.74) is 1.47. The maximum Gasteiger partial charge on any atom is 1.00 e. The van der Waals surface area contributed by atoms with Gasteiger partial charge in [0, 0.05) is 75.0 Å². The zero-order valence-corrected chi connectivity index (χ0v) is 31.5. The molecule has 8 rings (SSSR count). The minimum atomic E-state index is -0.750. The molecule has 4 aliphatic rings. The van der Waals surface area contributed by atoms with Crippen molar-refractivity contribution in [2.75, 3.05) is 57.5 Å². The monoisotopic (exact) mass is 708 g/mol. The second kappa shape index (κ2) is 17.9. The maximum absolute atomic E-state index is 13.9. The average molecular weight is 709 g/mol. The number of aromatic nitrogens is 2. The van der Waals surface area contributed by atoms with E-state index in [1.807, 2.05) is 6.07 Å². The second-order valence-corrected chi connectivity index (χ2v) is 13.4. The van der Waals surface area contributed by atoms with Crippen molar-refractivity contribution in [3.8, 4) is 0 Å². The van der Waals surface area contributed by atoms with Crippen LogP contribution in [0.3, 0.4) is 0 Å². The molecule has 0 aliphatic carbocycles. The molecule has 4 fully saturated rings. The number of halogens is 3. The first-order valence-electron chi connectivity index (χ1n) is 16.4. The maximum atomic E-state index is 13.9. The van der Waals surface area contributed by atoms with Crippen LogP contribution in [0, 0.1) is 11.6 Å². The third kappa shape index (κ3) is 11.0. The van der Waals surface area contributed by atoms with Crippen LogP contribution in [0.25, 0.3) is 21.8 Å². The van der Waals surface area contributed by atoms with E-state index in [1.54, 1.807) is 57.4 Å². The zero-order valence-electron chi connectivity index (χ0n) is 28.8. The van der Waals surface area contributed by atoms with Gasteiger partial charge in [-0.15, -0.1) is 5.60 Å². The molecular formula is C36H44ClF2N4NaO5. The number of anilines is 1. The molecule has 4 aromatic rings. The van der Waals surface area contributed by atoms with Gasteiger partial charge in [-0.1, -0.05) is 32.4 Å². The quantitative estimate of drug-likeness (QED) is 0.299. The van der Waals surface area contributed by atoms with Gasteiger partial charge >= 0.3 is 29.6 Å². The molecular weight excluding hydrogens is 665 g/mol. The number of nitrogens with one attached hydrogen (secondary N) is 1. The molecule has 0 radical (unpaired) electrons. The fraction of sp³-hybridized carbons (Fsp3) is 0.500. The van der Waals surface area contributed by atoms with Crippen molar-refractivity contribution in [3.05, 3.63) is 77.6 Å². The Hall–Kier alpha value is -2.03. The van der Waals surface area contributed by atoms with E-state index < -0.39 is 5.60 Å². The van der Waals surface area contributed by atoms with Gasteiger partial charge in [0.15, 0.2) is 11.6 Å². The number of hydrogen-bond acceptors (Lipinski definition) is 9. The Morgan fingerprint density at radius 2 is 1.18 bits per heavy atom. The van der Waals surface area contributed by atoms with E-state index in [4.69, 9.17) is 30.5 Å². The Bertz CT molecular complexity index is 1590. The van der Waals surface area contributed by atoms with Gasteiger partial charge in [0.2, 0.25) is 0 Å². The van der Waals surface area contributed by atoms with E-state index in [0.29, 0.717) is 34.5 Å². The number of piperidine rings is 2. The Balaban J connectivity index is 0.000000164. The predicted molar refractivity (Wildman–Crippen MR) is 181 cm³/mol. The summed E-state index contributed by atoms with van der Waals surface area (Å²) in [6.07, 6.45) is 6.98. The number of nitrogens with zero attached hydrogens (tertiary/aromatic N) is 3. The van der Waals surface area contributed by atoms with Crippen molar-refractivity contribution in [1.82, 2.24) is 15.3 Å². The number of fused-ring (bicyclic) bond motifs is 2. The third-order valence-electron chi connectivity index (χ3n) is 8.22. The van der Waals surface area contributed by atoms with E-state index in [9.17, 15) is 13.9 Å². The van der Waals surface area contributed by atoms with Gasteiger partial charge in [-0.2, -0.15) is 0 Å². The summed E-state index contributed by atoms with van der Waals surface area (Å²) >= 11 is 5.80. The van der Waals surface area contributed by atoms with Crippen molar-refractivity contribution in [3.63, 3.8) is 0 Å². The fourth-order valence-electron chi connectivity index (χ4n) is 5.95. The average Bonchev–Trinajstić information content (AvgIpc) is 3.74. The van der Waals surface area contributed by atoms with Crippen molar-refractivity contribution < 1.29 is 62.4 Å². The summed E-state index contributed by atoms with van der Waals surface area (Å²) in [6.45, 7) is 11.5. The van der Waals surface area contributed by atoms with Crippen LogP contribution >= 0.6 is 11.6 Å². The molecule has 260 valence electrons. The van der Waals surface area contributed by atoms with Gasteiger partial charge in [-0.3, -0.25) is 9.97 Å². The number of ether oxygens (including phenoxy) is 4. The number of rotatable bonds is 1. The molecule has 0 amide bonds. The molecule has 0 atom stereocenters. The van der Waals surface area contributed by atoms with E-state index in [2.05, 4.69) is 20.2 Å². The molecule has 4 aliphatic heterocycles. The van der Waals surface area contributed by atoms with E-state index in [-0.39, 0.29) is 52.8 Å². The first-order valence-corrected chi connectivity index (χ1v) is 16.8. The van der Waals surface area contributed by atoms with E-state index in [0.717, 1.165) is 76.3 Å². The molecule has 1 N–H and O–H groups in total. The van der Waals surface area contributed by atoms with Crippen LogP contribution < -0.4 is 44.9 Å². The van der Waals surface area contributed by atoms with E-state index >= 15 is 0 Å². The van der Waals surface area contributed by atoms with Gasteiger partial charge in [0.1, 0.15) is 11.6 Å². The smallest absolute Gasteiger partial charge is 0.850 e. The summed E-state index contributed by atoms with van der Waals surface area (Å²) in [5.74, 6) is -1.09. The predicted octanol–water partition coefficient (Wildman–Crippen LogP) is 3.01. The Morgan fingerprint density at radius 3 is 1.69 bits per heavy atom. The molecule has 2 spiro atoms. The van der Waals surface area contributed by atoms with Crippen LogP contribution in [0.15, 0.2) is 60.9 Å². The van der Waals surface area contributed by atoms with Gasteiger partial charge in [0.05, 0.1) is 48.2 Å². The molecule has 49 heavy (non-hydrogen) atoms. The molecule has 13 heteroatoms. The Labute approximate surface area is 313 Å². The van der Waals surface area contributed by atoms with Crippen LogP contribution in [0.2, 0.25) is 5.02 Å². The van der Waals surface area contributed by atoms with Gasteiger partial charge in [0.25, 0.3) is 0 Å². The molecule has 2 aromatic carbocycles. The topological polar surface area (TPSA) is 101 Å². The molecule has 4 saturated heterocycles. The van der Waals surface area contributed by atoms with Gasteiger partial charge < -0.3 is 34.3 Å². The van der Waals surface area contributed by atoms with Crippen molar-refractivity contribution in [2.45, 2.75) is 63.6 Å². The second-order valence-electron chi connectivity index (χ2n) is 13.0. The molecule has 6 heterocycles. The minimum absolute atomic E-state index is 0. The van der Waals surface area contributed by atoms with E-state index in [1.165, 1.54) is 18.2 Å². The summed E-state index contributed by atoms with van der Waals surface area (Å²) in [6, 6.07) is 13.1. The molecule has 2 aromatic heterocycles. The van der Waals surface area contributed by atoms with Crippen LogP contribution in [0.5, 0.6) is 0 Å². The largest absolute Gasteiger partial charge is 1.00 e. The SMILES string of the molecule is C1CC2(CCN1)OCCO2.CC(C)(C)[O-].Fc1ccc(Cl)c2ncccc12.Fc1ccc(N2CCC3(CC2)OCCO3)c2ncccc12.[Na+]. The summed E-state index contributed by atoms with van der Waals surface area (Å²) in [4.78, 5) is 10.6. The number of hydrogen-bond donors (Lipinski definition) is 1. The Morgan fingerprint density at radius 1 is 0.735 bits per heavy atom. The van der Waals surface area contributed by atoms with Gasteiger partial charge in [-0.25, -0.2) is 8.78 Å². The van der Waals surface area contributed by atoms with Crippen LogP contribution in [0.4, 0.5) is 14.5 Å². The van der Waals surface area contributed by atoms with Crippen molar-refractivity contribution in [1.29, 1.82) is 0 Å². The van der Waals surface area contributed by atoms with Crippen LogP contribution in [0.1, 0.15) is 46.5 Å². The fourth-order valence-corrected chi connectivity index (χ4v) is 6.16. The summed E-state index contributed by atoms with van der Waals surface area (Å²) in [7, 11) is 0. The minimum Gasteiger partial charge on any atom is -0.850 e. The third-order valence-corrected chi connectivity index (χ3v) is 8.53. The Kier molecular flexibility index (Phi) is 14.6. The number of benzene rings is 2. The molecule has 0 unspecified atom stereocenters. The van der Waals surface area contributed by atoms with Gasteiger partial charge in [-0.05, 0) is 48.5 Å². The standard InChI is InChI=1S/C16H17FN2O2.C9H5ClFN.C7H13NO2.C4H9O.Na/c17-13-3-4-14(15-12(13)2-1-7-18-15)19-8-5-16(6-9-19)20-10-11-21-16;10-7-3-4-8(11)6-2-1-5-12-9(6)7;1-3-8-4-2-7(1)9-5-6-10-7;1-4(2,3)5;/h1-4,7H,5-6,8-11H2;1-5H;8H,1-6H2;1-3H3;/q;;;-1;+1. The van der Waals surface area contributed by atoms with Crippen molar-refractivity contribution in [2.24, 2.45) is 0 Å². The zero-order chi connectivity index (χ0) is 34.2. The van der Waals surface area contributed by atoms with Crippen molar-refractivity contribution >= 4 is 39.1 Å². The van der Waals surface area contributed by atoms with Crippen LogP contribution in [-0.2, 0) is 18.9 Å². The molecule has 0 bridgehead atoms. The first-order chi connectivity index (χ1) is 23.0. The summed E-state index contributed by atoms with van der Waals surface area (Å²) < 4.78 is 49.5. The van der Waals surface area contributed by atoms with Crippen LogP contribution in [-0.4, -0.2) is 79.7 Å². The first kappa shape index (κ1) is 39.8.